The average Bonchev–Trinajstić information content (AvgIpc) is 3.69. The summed E-state index contributed by atoms with van der Waals surface area (Å²) in [4.78, 5) is 0. The Hall–Kier alpha value is -3.42. The van der Waals surface area contributed by atoms with Crippen molar-refractivity contribution in [2.24, 2.45) is 0 Å². The Morgan fingerprint density at radius 2 is 0.878 bits per heavy atom. The van der Waals surface area contributed by atoms with Gasteiger partial charge in [0.1, 0.15) is 0 Å². The first-order valence-corrected chi connectivity index (χ1v) is 22.0. The molecule has 0 saturated heterocycles. The van der Waals surface area contributed by atoms with E-state index in [0.29, 0.717) is 11.8 Å². The van der Waals surface area contributed by atoms with Crippen molar-refractivity contribution in [3.05, 3.63) is 128 Å². The van der Waals surface area contributed by atoms with Gasteiger partial charge in [0.2, 0.25) is 0 Å². The Bertz CT molecular complexity index is 1680. The lowest BCUT2D eigenvalue weighted by atomic mass is 9.86. The number of fused-ring (bicyclic) bond motifs is 2. The van der Waals surface area contributed by atoms with Crippen LogP contribution in [0, 0.1) is 0 Å². The molecule has 0 radical (unpaired) electrons. The molecule has 0 N–H and O–H groups in total. The zero-order chi connectivity index (χ0) is 34.3. The molecule has 0 heterocycles. The maximum absolute atomic E-state index is 2.66. The van der Waals surface area contributed by atoms with Gasteiger partial charge in [-0.05, 0) is 118 Å². The number of benzene rings is 4. The molecule has 0 fully saturated rings. The summed E-state index contributed by atoms with van der Waals surface area (Å²) in [6, 6.07) is 31.1. The van der Waals surface area contributed by atoms with Crippen LogP contribution in [0.5, 0.6) is 0 Å². The van der Waals surface area contributed by atoms with E-state index >= 15 is 0 Å². The topological polar surface area (TPSA) is 0 Å². The standard InChI is InChI=1S/C48H60Si/c1-7-13-19-37-29-43-41(27-25-35(11-5)47(43)39-23-17-15-21-33(39)9-3)45(37)31-49-32-46-38(20-14-8-2)30-44-42(46)28-26-36(12-6)48(44)40-24-18-16-22-34(40)10-4/h15-18,21-30,45-46H,7-14,19-20,31-32,49H2,1-6H3. The van der Waals surface area contributed by atoms with E-state index in [-0.39, 0.29) is 9.52 Å². The molecule has 1 heteroatoms. The molecule has 2 aliphatic rings. The molecular weight excluding hydrogens is 605 g/mol. The van der Waals surface area contributed by atoms with E-state index in [9.17, 15) is 0 Å². The first-order valence-electron chi connectivity index (χ1n) is 20.0. The zero-order valence-electron chi connectivity index (χ0n) is 31.4. The molecule has 0 bridgehead atoms. The first kappa shape index (κ1) is 35.4. The average molecular weight is 665 g/mol. The van der Waals surface area contributed by atoms with Crippen molar-refractivity contribution in [3.8, 4) is 22.3 Å². The van der Waals surface area contributed by atoms with Crippen LogP contribution in [0.2, 0.25) is 12.1 Å². The van der Waals surface area contributed by atoms with Gasteiger partial charge >= 0.3 is 0 Å². The van der Waals surface area contributed by atoms with Crippen LogP contribution in [0.15, 0.2) is 83.9 Å². The molecule has 256 valence electrons. The van der Waals surface area contributed by atoms with E-state index in [1.54, 1.807) is 33.4 Å². The minimum atomic E-state index is -0.323. The molecule has 2 atom stereocenters. The van der Waals surface area contributed by atoms with Crippen molar-refractivity contribution < 1.29 is 0 Å². The second-order valence-corrected chi connectivity index (χ2v) is 16.5. The molecule has 2 aliphatic carbocycles. The van der Waals surface area contributed by atoms with Crippen molar-refractivity contribution in [1.29, 1.82) is 0 Å². The minimum absolute atomic E-state index is 0.323. The Labute approximate surface area is 301 Å². The van der Waals surface area contributed by atoms with Crippen LogP contribution in [0.1, 0.15) is 136 Å². The fourth-order valence-electron chi connectivity index (χ4n) is 9.08. The van der Waals surface area contributed by atoms with Gasteiger partial charge in [0.15, 0.2) is 0 Å². The van der Waals surface area contributed by atoms with Crippen molar-refractivity contribution in [3.63, 3.8) is 0 Å². The lowest BCUT2D eigenvalue weighted by Gasteiger charge is -2.22. The molecule has 4 aromatic rings. The Morgan fingerprint density at radius 3 is 1.27 bits per heavy atom. The molecule has 0 amide bonds. The summed E-state index contributed by atoms with van der Waals surface area (Å²) in [5, 5.41) is 0. The predicted octanol–water partition coefficient (Wildman–Crippen LogP) is 13.3. The van der Waals surface area contributed by atoms with E-state index in [1.807, 2.05) is 0 Å². The van der Waals surface area contributed by atoms with Crippen molar-refractivity contribution in [2.75, 3.05) is 0 Å². The van der Waals surface area contributed by atoms with Gasteiger partial charge in [-0.25, -0.2) is 0 Å². The smallest absolute Gasteiger partial charge is 0.0218 e. The summed E-state index contributed by atoms with van der Waals surface area (Å²) < 4.78 is 0. The Morgan fingerprint density at radius 1 is 0.469 bits per heavy atom. The van der Waals surface area contributed by atoms with Gasteiger partial charge in [-0.2, -0.15) is 0 Å². The van der Waals surface area contributed by atoms with E-state index in [4.69, 9.17) is 0 Å². The highest BCUT2D eigenvalue weighted by molar-refractivity contribution is 6.36. The van der Waals surface area contributed by atoms with Crippen molar-refractivity contribution in [1.82, 2.24) is 0 Å². The highest BCUT2D eigenvalue weighted by atomic mass is 28.2. The summed E-state index contributed by atoms with van der Waals surface area (Å²) in [7, 11) is -0.323. The second-order valence-electron chi connectivity index (χ2n) is 14.6. The fourth-order valence-corrected chi connectivity index (χ4v) is 11.5. The number of allylic oxidation sites excluding steroid dienone is 2. The number of rotatable bonds is 16. The van der Waals surface area contributed by atoms with Gasteiger partial charge in [-0.15, -0.1) is 0 Å². The monoisotopic (exact) mass is 664 g/mol. The number of aryl methyl sites for hydroxylation is 4. The van der Waals surface area contributed by atoms with Gasteiger partial charge in [-0.3, -0.25) is 0 Å². The normalized spacial score (nSPS) is 16.7. The number of hydrogen-bond donors (Lipinski definition) is 0. The molecule has 0 spiro atoms. The van der Waals surface area contributed by atoms with Crippen LogP contribution < -0.4 is 0 Å². The maximum atomic E-state index is 2.66. The SMILES string of the molecule is CCCCC1=Cc2c(ccc(CC)c2-c2ccccc2CC)C1C[SiH2]CC1C(CCCC)=Cc2c1ccc(CC)c2-c1ccccc1CC. The van der Waals surface area contributed by atoms with Crippen LogP contribution in [-0.4, -0.2) is 9.52 Å². The van der Waals surface area contributed by atoms with E-state index in [0.717, 1.165) is 25.7 Å². The molecule has 6 rings (SSSR count). The minimum Gasteiger partial charge on any atom is -0.0654 e. The van der Waals surface area contributed by atoms with Gasteiger partial charge < -0.3 is 0 Å². The molecule has 4 aromatic carbocycles. The van der Waals surface area contributed by atoms with Crippen LogP contribution >= 0.6 is 0 Å². The summed E-state index contributed by atoms with van der Waals surface area (Å²) in [5.74, 6) is 1.20. The molecular formula is C48H60Si. The number of unbranched alkanes of at least 4 members (excludes halogenated alkanes) is 2. The van der Waals surface area contributed by atoms with Crippen LogP contribution in [-0.2, 0) is 25.7 Å². The highest BCUT2D eigenvalue weighted by Crippen LogP contribution is 2.49. The summed E-state index contributed by atoms with van der Waals surface area (Å²) in [6.45, 7) is 14.0. The van der Waals surface area contributed by atoms with E-state index < -0.39 is 0 Å². The van der Waals surface area contributed by atoms with Crippen molar-refractivity contribution in [2.45, 2.75) is 130 Å². The van der Waals surface area contributed by atoms with Gasteiger partial charge in [0.05, 0.1) is 0 Å². The summed E-state index contributed by atoms with van der Waals surface area (Å²) in [5.41, 5.74) is 21.7. The van der Waals surface area contributed by atoms with E-state index in [1.165, 1.54) is 95.1 Å². The second kappa shape index (κ2) is 16.5. The van der Waals surface area contributed by atoms with Gasteiger partial charge in [0.25, 0.3) is 0 Å². The lowest BCUT2D eigenvalue weighted by molar-refractivity contribution is 0.730. The molecule has 49 heavy (non-hydrogen) atoms. The maximum Gasteiger partial charge on any atom is 0.0218 e. The largest absolute Gasteiger partial charge is 0.0654 e. The fraction of sp³-hybridized carbons (Fsp3) is 0.417. The molecule has 0 nitrogen and oxygen atoms in total. The summed E-state index contributed by atoms with van der Waals surface area (Å²) in [6.07, 6.45) is 17.2. The molecule has 2 unspecified atom stereocenters. The lowest BCUT2D eigenvalue weighted by Crippen LogP contribution is -2.09. The zero-order valence-corrected chi connectivity index (χ0v) is 32.8. The highest BCUT2D eigenvalue weighted by Gasteiger charge is 2.31. The quantitative estimate of drug-likeness (QED) is 0.105. The van der Waals surface area contributed by atoms with Crippen LogP contribution in [0.4, 0.5) is 0 Å². The number of hydrogen-bond acceptors (Lipinski definition) is 0. The van der Waals surface area contributed by atoms with E-state index in [2.05, 4.69) is 126 Å². The predicted molar refractivity (Wildman–Crippen MR) is 220 cm³/mol. The summed E-state index contributed by atoms with van der Waals surface area (Å²) >= 11 is 0. The Balaban J connectivity index is 1.33. The molecule has 0 aromatic heterocycles. The van der Waals surface area contributed by atoms with Gasteiger partial charge in [-0.1, -0.05) is 163 Å². The third kappa shape index (κ3) is 7.11. The third-order valence-corrected chi connectivity index (χ3v) is 13.7. The molecule has 0 saturated carbocycles. The van der Waals surface area contributed by atoms with Crippen molar-refractivity contribution >= 4 is 21.7 Å². The van der Waals surface area contributed by atoms with Gasteiger partial charge in [0, 0.05) is 21.4 Å². The Kier molecular flexibility index (Phi) is 11.9. The molecule has 0 aliphatic heterocycles. The first-order chi connectivity index (χ1) is 24.1. The van der Waals surface area contributed by atoms with Crippen LogP contribution in [0.25, 0.3) is 34.4 Å². The third-order valence-electron chi connectivity index (χ3n) is 11.8. The van der Waals surface area contributed by atoms with Crippen LogP contribution in [0.3, 0.4) is 0 Å².